The Kier molecular flexibility index (Phi) is 6.99. The van der Waals surface area contributed by atoms with Gasteiger partial charge in [0.05, 0.1) is 0 Å². The molecule has 0 aliphatic carbocycles. The maximum atomic E-state index is 13.8. The molecular formula is C10F18O. The molecule has 0 amide bonds. The first-order valence-corrected chi connectivity index (χ1v) is 5.81. The lowest BCUT2D eigenvalue weighted by molar-refractivity contribution is -0.447. The largest absolute Gasteiger partial charge is 0.460 e. The van der Waals surface area contributed by atoms with Gasteiger partial charge in [-0.25, -0.2) is 0 Å². The van der Waals surface area contributed by atoms with E-state index in [4.69, 9.17) is 0 Å². The predicted octanol–water partition coefficient (Wildman–Crippen LogP) is 6.89. The highest BCUT2D eigenvalue weighted by atomic mass is 19.4. The van der Waals surface area contributed by atoms with Crippen LogP contribution in [0.15, 0.2) is 23.8 Å². The molecule has 0 aliphatic heterocycles. The summed E-state index contributed by atoms with van der Waals surface area (Å²) < 4.78 is 228. The summed E-state index contributed by atoms with van der Waals surface area (Å²) in [5, 5.41) is 0. The van der Waals surface area contributed by atoms with Crippen molar-refractivity contribution >= 4 is 0 Å². The number of ether oxygens (including phenoxy) is 1. The van der Waals surface area contributed by atoms with E-state index in [9.17, 15) is 79.0 Å². The van der Waals surface area contributed by atoms with Crippen LogP contribution < -0.4 is 0 Å². The van der Waals surface area contributed by atoms with Crippen LogP contribution in [0.2, 0.25) is 0 Å². The maximum absolute atomic E-state index is 13.8. The molecule has 19 heteroatoms. The Morgan fingerprint density at radius 1 is 0.414 bits per heavy atom. The minimum absolute atomic E-state index is 1.56. The number of rotatable bonds is 6. The molecule has 0 N–H and O–H groups in total. The minimum atomic E-state index is -7.96. The van der Waals surface area contributed by atoms with Crippen molar-refractivity contribution in [2.75, 3.05) is 0 Å². The zero-order valence-corrected chi connectivity index (χ0v) is 12.2. The zero-order chi connectivity index (χ0) is 24.0. The fourth-order valence-corrected chi connectivity index (χ4v) is 1.29. The van der Waals surface area contributed by atoms with E-state index in [0.717, 1.165) is 0 Å². The molecule has 0 fully saturated rings. The van der Waals surface area contributed by atoms with Crippen molar-refractivity contribution in [2.24, 2.45) is 0 Å². The van der Waals surface area contributed by atoms with Gasteiger partial charge in [-0.3, -0.25) is 4.74 Å². The standard InChI is InChI=1S/C10F18O/c11-1(3(13)14)5(17,7(19,20)9(23,24)25)29-6(18,2(12)4(15)16)8(21,22)10(26,27)28. The lowest BCUT2D eigenvalue weighted by atomic mass is 10.0. The Labute approximate surface area is 145 Å². The second-order valence-electron chi connectivity index (χ2n) is 4.59. The van der Waals surface area contributed by atoms with Crippen LogP contribution in [0.1, 0.15) is 0 Å². The zero-order valence-electron chi connectivity index (χ0n) is 12.2. The molecule has 0 saturated carbocycles. The topological polar surface area (TPSA) is 9.23 Å². The lowest BCUT2D eigenvalue weighted by Gasteiger charge is -2.39. The van der Waals surface area contributed by atoms with Gasteiger partial charge in [0.1, 0.15) is 0 Å². The second-order valence-corrected chi connectivity index (χ2v) is 4.59. The molecule has 29 heavy (non-hydrogen) atoms. The third kappa shape index (κ3) is 4.23. The summed E-state index contributed by atoms with van der Waals surface area (Å²) in [5.41, 5.74) is 0. The molecule has 0 aromatic heterocycles. The minimum Gasteiger partial charge on any atom is -0.286 e. The van der Waals surface area contributed by atoms with Gasteiger partial charge in [0.2, 0.25) is 11.7 Å². The van der Waals surface area contributed by atoms with Crippen molar-refractivity contribution in [2.45, 2.75) is 35.9 Å². The normalized spacial score (nSPS) is 18.0. The first-order chi connectivity index (χ1) is 12.4. The molecule has 0 spiro atoms. The Balaban J connectivity index is 7.26. The molecule has 172 valence electrons. The Hall–Kier alpha value is -1.82. The summed E-state index contributed by atoms with van der Waals surface area (Å²) in [7, 11) is 0. The number of hydrogen-bond donors (Lipinski definition) is 0. The van der Waals surface area contributed by atoms with Gasteiger partial charge in [0.25, 0.3) is 0 Å². The molecule has 1 nitrogen and oxygen atoms in total. The quantitative estimate of drug-likeness (QED) is 0.378. The van der Waals surface area contributed by atoms with Crippen molar-refractivity contribution in [3.8, 4) is 0 Å². The van der Waals surface area contributed by atoms with Crippen LogP contribution in [-0.2, 0) is 4.74 Å². The summed E-state index contributed by atoms with van der Waals surface area (Å²) >= 11 is 0. The maximum Gasteiger partial charge on any atom is 0.460 e. The summed E-state index contributed by atoms with van der Waals surface area (Å²) in [5.74, 6) is -41.3. The van der Waals surface area contributed by atoms with Crippen molar-refractivity contribution < 1.29 is 83.8 Å². The van der Waals surface area contributed by atoms with E-state index in [-0.39, 0.29) is 0 Å². The third-order valence-corrected chi connectivity index (χ3v) is 2.70. The van der Waals surface area contributed by atoms with Crippen LogP contribution in [-0.4, -0.2) is 35.9 Å². The summed E-state index contributed by atoms with van der Waals surface area (Å²) in [6.45, 7) is 0. The molecule has 0 rings (SSSR count). The summed E-state index contributed by atoms with van der Waals surface area (Å²) in [6, 6.07) is 0. The highest BCUT2D eigenvalue weighted by molar-refractivity contribution is 5.20. The number of hydrogen-bond acceptors (Lipinski definition) is 1. The Bertz CT molecular complexity index is 618. The van der Waals surface area contributed by atoms with Gasteiger partial charge >= 0.3 is 48.1 Å². The van der Waals surface area contributed by atoms with Crippen LogP contribution in [0.3, 0.4) is 0 Å². The van der Waals surface area contributed by atoms with E-state index in [1.165, 1.54) is 0 Å². The van der Waals surface area contributed by atoms with Crippen molar-refractivity contribution in [1.82, 2.24) is 0 Å². The van der Waals surface area contributed by atoms with Gasteiger partial charge < -0.3 is 0 Å². The van der Waals surface area contributed by atoms with E-state index in [0.29, 0.717) is 0 Å². The number of alkyl halides is 12. The molecule has 0 aromatic carbocycles. The molecule has 0 heterocycles. The smallest absolute Gasteiger partial charge is 0.286 e. The molecule has 2 unspecified atom stereocenters. The average Bonchev–Trinajstić information content (AvgIpc) is 2.50. The van der Waals surface area contributed by atoms with Gasteiger partial charge in [-0.15, -0.1) is 0 Å². The van der Waals surface area contributed by atoms with Gasteiger partial charge in [-0.2, -0.15) is 79.0 Å². The van der Waals surface area contributed by atoms with Gasteiger partial charge in [-0.05, 0) is 0 Å². The second kappa shape index (κ2) is 7.46. The Morgan fingerprint density at radius 3 is 0.759 bits per heavy atom. The van der Waals surface area contributed by atoms with Crippen molar-refractivity contribution in [1.29, 1.82) is 0 Å². The Morgan fingerprint density at radius 2 is 0.621 bits per heavy atom. The van der Waals surface area contributed by atoms with Crippen LogP contribution >= 0.6 is 0 Å². The van der Waals surface area contributed by atoms with Crippen LogP contribution in [0.4, 0.5) is 79.0 Å². The van der Waals surface area contributed by atoms with Crippen molar-refractivity contribution in [3.63, 3.8) is 0 Å². The van der Waals surface area contributed by atoms with Crippen LogP contribution in [0.25, 0.3) is 0 Å². The molecule has 0 aliphatic rings. The van der Waals surface area contributed by atoms with E-state index < -0.39 is 59.7 Å². The highest BCUT2D eigenvalue weighted by Gasteiger charge is 2.83. The van der Waals surface area contributed by atoms with Gasteiger partial charge in [-0.1, -0.05) is 0 Å². The molecular weight excluding hydrogens is 478 g/mol. The van der Waals surface area contributed by atoms with Crippen LogP contribution in [0.5, 0.6) is 0 Å². The molecule has 2 atom stereocenters. The first-order valence-electron chi connectivity index (χ1n) is 5.81. The van der Waals surface area contributed by atoms with Gasteiger partial charge in [0, 0.05) is 0 Å². The van der Waals surface area contributed by atoms with Crippen molar-refractivity contribution in [3.05, 3.63) is 23.8 Å². The molecule has 0 bridgehead atoms. The molecule has 0 aromatic rings. The monoisotopic (exact) mass is 478 g/mol. The molecule has 0 radical (unpaired) electrons. The van der Waals surface area contributed by atoms with Gasteiger partial charge in [0.15, 0.2) is 0 Å². The highest BCUT2D eigenvalue weighted by Crippen LogP contribution is 2.58. The first kappa shape index (κ1) is 27.2. The summed E-state index contributed by atoms with van der Waals surface area (Å²) in [6.07, 6.45) is -24.8. The van der Waals surface area contributed by atoms with E-state index in [1.54, 1.807) is 4.74 Å². The summed E-state index contributed by atoms with van der Waals surface area (Å²) in [4.78, 5) is 0. The fourth-order valence-electron chi connectivity index (χ4n) is 1.29. The van der Waals surface area contributed by atoms with E-state index in [2.05, 4.69) is 0 Å². The number of halogens is 18. The van der Waals surface area contributed by atoms with E-state index in [1.807, 2.05) is 0 Å². The molecule has 0 saturated heterocycles. The lowest BCUT2D eigenvalue weighted by Crippen LogP contribution is -2.65. The predicted molar refractivity (Wildman–Crippen MR) is 51.5 cm³/mol. The average molecular weight is 478 g/mol. The SMILES string of the molecule is FC(F)=C(F)C(F)(OC(F)(C(F)=C(F)F)C(F)(F)C(F)(F)F)C(F)(F)C(F)(F)F. The fraction of sp³-hybridized carbons (Fsp3) is 0.600. The van der Waals surface area contributed by atoms with E-state index >= 15 is 0 Å². The third-order valence-electron chi connectivity index (χ3n) is 2.70. The van der Waals surface area contributed by atoms with Crippen LogP contribution in [0, 0.1) is 0 Å².